The largest absolute Gasteiger partial charge is 0.371 e. The van der Waals surface area contributed by atoms with E-state index < -0.39 is 0 Å². The Bertz CT molecular complexity index is 691. The van der Waals surface area contributed by atoms with Gasteiger partial charge in [-0.25, -0.2) is 0 Å². The van der Waals surface area contributed by atoms with Crippen molar-refractivity contribution in [3.05, 3.63) is 23.8 Å². The van der Waals surface area contributed by atoms with Crippen LogP contribution in [-0.4, -0.2) is 30.9 Å². The fourth-order valence-electron chi connectivity index (χ4n) is 4.47. The summed E-state index contributed by atoms with van der Waals surface area (Å²) in [7, 11) is 0. The average Bonchev–Trinajstić information content (AvgIpc) is 3.26. The van der Waals surface area contributed by atoms with Crippen LogP contribution in [0.5, 0.6) is 0 Å². The predicted molar refractivity (Wildman–Crippen MR) is 120 cm³/mol. The number of hydrogen-bond donors (Lipinski definition) is 2. The lowest BCUT2D eigenvalue weighted by Gasteiger charge is -2.31. The molecule has 0 radical (unpaired) electrons. The fourth-order valence-corrected chi connectivity index (χ4v) is 4.47. The van der Waals surface area contributed by atoms with E-state index in [-0.39, 0.29) is 17.9 Å². The number of rotatable bonds is 8. The van der Waals surface area contributed by atoms with E-state index in [1.165, 1.54) is 32.1 Å². The van der Waals surface area contributed by atoms with Gasteiger partial charge in [0.25, 0.3) is 5.91 Å². The summed E-state index contributed by atoms with van der Waals surface area (Å²) in [4.78, 5) is 27.7. The standard InChI is InChI=1S/C24H37N3O2/c1-3-18(2)25-24(29)21-17-20(12-13-22(21)27-15-7-4-8-16-27)26-23(28)14-11-19-9-5-6-10-19/h12-13,17-19H,3-11,14-16H2,1-2H3,(H,25,29)(H,26,28)/t18-/m0/s1. The van der Waals surface area contributed by atoms with Gasteiger partial charge in [-0.2, -0.15) is 0 Å². The zero-order valence-electron chi connectivity index (χ0n) is 18.1. The lowest BCUT2D eigenvalue weighted by Crippen LogP contribution is -2.35. The molecule has 0 unspecified atom stereocenters. The van der Waals surface area contributed by atoms with Gasteiger partial charge >= 0.3 is 0 Å². The van der Waals surface area contributed by atoms with Crippen LogP contribution in [0.1, 0.15) is 88.4 Å². The topological polar surface area (TPSA) is 61.4 Å². The maximum atomic E-state index is 13.0. The van der Waals surface area contributed by atoms with E-state index in [2.05, 4.69) is 22.5 Å². The zero-order chi connectivity index (χ0) is 20.6. The van der Waals surface area contributed by atoms with Gasteiger partial charge in [-0.05, 0) is 63.1 Å². The molecule has 1 atom stereocenters. The minimum absolute atomic E-state index is 0.0518. The second-order valence-electron chi connectivity index (χ2n) is 8.80. The van der Waals surface area contributed by atoms with Crippen molar-refractivity contribution in [3.63, 3.8) is 0 Å². The van der Waals surface area contributed by atoms with Gasteiger partial charge in [-0.3, -0.25) is 9.59 Å². The number of amides is 2. The summed E-state index contributed by atoms with van der Waals surface area (Å²) in [6.07, 6.45) is 11.1. The van der Waals surface area contributed by atoms with Crippen molar-refractivity contribution < 1.29 is 9.59 Å². The first kappa shape index (κ1) is 21.7. The summed E-state index contributed by atoms with van der Waals surface area (Å²) < 4.78 is 0. The Morgan fingerprint density at radius 2 is 1.83 bits per heavy atom. The first-order valence-electron chi connectivity index (χ1n) is 11.6. The quantitative estimate of drug-likeness (QED) is 0.638. The van der Waals surface area contributed by atoms with E-state index >= 15 is 0 Å². The molecule has 0 bridgehead atoms. The average molecular weight is 400 g/mol. The van der Waals surface area contributed by atoms with Crippen LogP contribution in [0.3, 0.4) is 0 Å². The fraction of sp³-hybridized carbons (Fsp3) is 0.667. The zero-order valence-corrected chi connectivity index (χ0v) is 18.1. The number of hydrogen-bond acceptors (Lipinski definition) is 3. The van der Waals surface area contributed by atoms with Crippen LogP contribution in [0.25, 0.3) is 0 Å². The molecule has 5 heteroatoms. The molecule has 0 spiro atoms. The SMILES string of the molecule is CC[C@H](C)NC(=O)c1cc(NC(=O)CCC2CCCC2)ccc1N1CCCCC1. The van der Waals surface area contributed by atoms with Crippen molar-refractivity contribution >= 4 is 23.2 Å². The molecular formula is C24H37N3O2. The maximum absolute atomic E-state index is 13.0. The summed E-state index contributed by atoms with van der Waals surface area (Å²) in [6.45, 7) is 6.05. The third kappa shape index (κ3) is 6.22. The van der Waals surface area contributed by atoms with Crippen molar-refractivity contribution in [2.24, 2.45) is 5.92 Å². The van der Waals surface area contributed by atoms with Crippen LogP contribution >= 0.6 is 0 Å². The third-order valence-corrected chi connectivity index (χ3v) is 6.47. The molecule has 2 aliphatic rings. The number of carbonyl (C=O) groups excluding carboxylic acids is 2. The molecule has 1 aromatic carbocycles. The number of anilines is 2. The molecule has 1 saturated heterocycles. The first-order valence-corrected chi connectivity index (χ1v) is 11.6. The molecule has 1 aromatic rings. The lowest BCUT2D eigenvalue weighted by atomic mass is 10.0. The van der Waals surface area contributed by atoms with Crippen molar-refractivity contribution in [1.82, 2.24) is 5.32 Å². The van der Waals surface area contributed by atoms with Gasteiger partial charge in [0, 0.05) is 36.9 Å². The van der Waals surface area contributed by atoms with E-state index in [0.717, 1.165) is 50.1 Å². The number of nitrogens with zero attached hydrogens (tertiary/aromatic N) is 1. The molecule has 29 heavy (non-hydrogen) atoms. The Kier molecular flexibility index (Phi) is 7.96. The van der Waals surface area contributed by atoms with E-state index in [1.54, 1.807) is 0 Å². The summed E-state index contributed by atoms with van der Waals surface area (Å²) in [6, 6.07) is 5.93. The van der Waals surface area contributed by atoms with Crippen LogP contribution in [-0.2, 0) is 4.79 Å². The van der Waals surface area contributed by atoms with Crippen LogP contribution in [0.2, 0.25) is 0 Å². The molecule has 1 aliphatic heterocycles. The Morgan fingerprint density at radius 3 is 2.52 bits per heavy atom. The van der Waals surface area contributed by atoms with Crippen LogP contribution in [0.15, 0.2) is 18.2 Å². The lowest BCUT2D eigenvalue weighted by molar-refractivity contribution is -0.116. The van der Waals surface area contributed by atoms with Gasteiger partial charge in [0.2, 0.25) is 5.91 Å². The summed E-state index contributed by atoms with van der Waals surface area (Å²) in [5.74, 6) is 0.706. The summed E-state index contributed by atoms with van der Waals surface area (Å²) in [5, 5.41) is 6.11. The third-order valence-electron chi connectivity index (χ3n) is 6.47. The highest BCUT2D eigenvalue weighted by Gasteiger charge is 2.21. The van der Waals surface area contributed by atoms with Crippen LogP contribution in [0.4, 0.5) is 11.4 Å². The highest BCUT2D eigenvalue weighted by atomic mass is 16.2. The van der Waals surface area contributed by atoms with Gasteiger partial charge in [-0.1, -0.05) is 32.6 Å². The second-order valence-corrected chi connectivity index (χ2v) is 8.80. The van der Waals surface area contributed by atoms with Crippen molar-refractivity contribution in [1.29, 1.82) is 0 Å². The van der Waals surface area contributed by atoms with Gasteiger partial charge in [0.1, 0.15) is 0 Å². The Hall–Kier alpha value is -2.04. The highest BCUT2D eigenvalue weighted by Crippen LogP contribution is 2.30. The summed E-state index contributed by atoms with van der Waals surface area (Å²) >= 11 is 0. The number of benzene rings is 1. The Morgan fingerprint density at radius 1 is 1.10 bits per heavy atom. The van der Waals surface area contributed by atoms with Gasteiger partial charge in [-0.15, -0.1) is 0 Å². The molecule has 1 saturated carbocycles. The van der Waals surface area contributed by atoms with Gasteiger partial charge in [0.15, 0.2) is 0 Å². The molecular weight excluding hydrogens is 362 g/mol. The Balaban J connectivity index is 1.71. The molecule has 1 heterocycles. The van der Waals surface area contributed by atoms with E-state index in [9.17, 15) is 9.59 Å². The van der Waals surface area contributed by atoms with E-state index in [1.807, 2.05) is 25.1 Å². The smallest absolute Gasteiger partial charge is 0.253 e. The molecule has 5 nitrogen and oxygen atoms in total. The minimum atomic E-state index is -0.0537. The molecule has 2 N–H and O–H groups in total. The maximum Gasteiger partial charge on any atom is 0.253 e. The number of nitrogens with one attached hydrogen (secondary N) is 2. The van der Waals surface area contributed by atoms with Crippen LogP contribution in [0, 0.1) is 5.92 Å². The molecule has 2 amide bonds. The predicted octanol–water partition coefficient (Wildman–Crippen LogP) is 5.11. The van der Waals surface area contributed by atoms with Gasteiger partial charge < -0.3 is 15.5 Å². The number of piperidine rings is 1. The van der Waals surface area contributed by atoms with Crippen molar-refractivity contribution in [2.75, 3.05) is 23.3 Å². The van der Waals surface area contributed by atoms with Crippen molar-refractivity contribution in [2.45, 2.75) is 84.1 Å². The minimum Gasteiger partial charge on any atom is -0.371 e. The number of carbonyl (C=O) groups is 2. The van der Waals surface area contributed by atoms with E-state index in [0.29, 0.717) is 17.9 Å². The van der Waals surface area contributed by atoms with Gasteiger partial charge in [0.05, 0.1) is 5.56 Å². The first-order chi connectivity index (χ1) is 14.1. The van der Waals surface area contributed by atoms with E-state index in [4.69, 9.17) is 0 Å². The van der Waals surface area contributed by atoms with Crippen molar-refractivity contribution in [3.8, 4) is 0 Å². The normalized spacial score (nSPS) is 18.5. The molecule has 1 aliphatic carbocycles. The molecule has 0 aromatic heterocycles. The highest BCUT2D eigenvalue weighted by molar-refractivity contribution is 6.02. The Labute approximate surface area is 175 Å². The van der Waals surface area contributed by atoms with Crippen LogP contribution < -0.4 is 15.5 Å². The monoisotopic (exact) mass is 399 g/mol. The second kappa shape index (κ2) is 10.7. The molecule has 160 valence electrons. The molecule has 3 rings (SSSR count). The molecule has 2 fully saturated rings. The summed E-state index contributed by atoms with van der Waals surface area (Å²) in [5.41, 5.74) is 2.37.